The highest BCUT2D eigenvalue weighted by atomic mass is 35.5. The number of rotatable bonds is 4. The summed E-state index contributed by atoms with van der Waals surface area (Å²) in [5, 5.41) is 16.6. The lowest BCUT2D eigenvalue weighted by molar-refractivity contribution is -0.123. The van der Waals surface area contributed by atoms with Crippen molar-refractivity contribution in [1.82, 2.24) is 19.2 Å². The van der Waals surface area contributed by atoms with Gasteiger partial charge in [0.1, 0.15) is 11.2 Å². The molecule has 0 saturated heterocycles. The summed E-state index contributed by atoms with van der Waals surface area (Å²) < 4.78 is 3.68. The smallest absolute Gasteiger partial charge is 0.275 e. The lowest BCUT2D eigenvalue weighted by Gasteiger charge is -2.34. The molecule has 1 atom stereocenters. The largest absolute Gasteiger partial charge is 0.386 e. The summed E-state index contributed by atoms with van der Waals surface area (Å²) in [4.78, 5) is 30.7. The maximum Gasteiger partial charge on any atom is 0.275 e. The standard InChI is InChI=1S/C28H28ClN5O3/c1-28(2,37)19-13-18-9-11-32-16-22(26(35)31(3)21(14-19)24(18)32)33-12-10-20-23(27(33)36)30-34(25(20)29)15-17-7-5-4-6-8-17/h4-9,11,13-14,22,37H,10,12,15-16H2,1-3H3/t22-/m0/s1. The Morgan fingerprint density at radius 1 is 1.14 bits per heavy atom. The molecule has 37 heavy (non-hydrogen) atoms. The number of likely N-dealkylation sites (N-methyl/N-ethyl adjacent to an activating group) is 1. The average molecular weight is 518 g/mol. The summed E-state index contributed by atoms with van der Waals surface area (Å²) >= 11 is 6.65. The van der Waals surface area contributed by atoms with Crippen molar-refractivity contribution in [2.24, 2.45) is 0 Å². The van der Waals surface area contributed by atoms with Crippen LogP contribution >= 0.6 is 11.6 Å². The molecule has 6 rings (SSSR count). The first-order chi connectivity index (χ1) is 17.6. The number of aromatic nitrogens is 3. The Morgan fingerprint density at radius 2 is 1.89 bits per heavy atom. The topological polar surface area (TPSA) is 83.6 Å². The number of hydrogen-bond acceptors (Lipinski definition) is 4. The fourth-order valence-corrected chi connectivity index (χ4v) is 5.71. The van der Waals surface area contributed by atoms with Crippen LogP contribution in [0.3, 0.4) is 0 Å². The molecule has 0 aliphatic carbocycles. The number of fused-ring (bicyclic) bond motifs is 1. The van der Waals surface area contributed by atoms with Gasteiger partial charge in [-0.25, -0.2) is 4.68 Å². The summed E-state index contributed by atoms with van der Waals surface area (Å²) in [6.45, 7) is 4.63. The quantitative estimate of drug-likeness (QED) is 0.446. The number of hydrogen-bond donors (Lipinski definition) is 1. The fraction of sp³-hybridized carbons (Fsp3) is 0.321. The molecule has 2 amide bonds. The second-order valence-corrected chi connectivity index (χ2v) is 10.7. The van der Waals surface area contributed by atoms with Gasteiger partial charge < -0.3 is 19.5 Å². The van der Waals surface area contributed by atoms with Crippen LogP contribution in [0, 0.1) is 0 Å². The summed E-state index contributed by atoms with van der Waals surface area (Å²) in [6, 6.07) is 14.9. The van der Waals surface area contributed by atoms with Crippen LogP contribution in [0.4, 0.5) is 5.69 Å². The summed E-state index contributed by atoms with van der Waals surface area (Å²) in [5.74, 6) is -0.460. The second kappa shape index (κ2) is 8.46. The molecule has 8 nitrogen and oxygen atoms in total. The van der Waals surface area contributed by atoms with E-state index in [0.29, 0.717) is 42.6 Å². The number of carbonyl (C=O) groups excluding carboxylic acids is 2. The first kappa shape index (κ1) is 23.8. The van der Waals surface area contributed by atoms with Gasteiger partial charge in [-0.15, -0.1) is 0 Å². The third kappa shape index (κ3) is 3.83. The molecule has 1 N–H and O–H groups in total. The van der Waals surface area contributed by atoms with E-state index in [0.717, 1.165) is 27.6 Å². The molecule has 2 aromatic carbocycles. The van der Waals surface area contributed by atoms with Crippen LogP contribution in [0.5, 0.6) is 0 Å². The van der Waals surface area contributed by atoms with Gasteiger partial charge in [-0.2, -0.15) is 5.10 Å². The highest BCUT2D eigenvalue weighted by Crippen LogP contribution is 2.37. The van der Waals surface area contributed by atoms with Crippen molar-refractivity contribution in [2.75, 3.05) is 18.5 Å². The molecule has 0 fully saturated rings. The maximum absolute atomic E-state index is 13.8. The fourth-order valence-electron chi connectivity index (χ4n) is 5.43. The van der Waals surface area contributed by atoms with Crippen molar-refractivity contribution in [2.45, 2.75) is 45.0 Å². The number of halogens is 1. The molecular formula is C28H28ClN5O3. The van der Waals surface area contributed by atoms with E-state index in [1.54, 1.807) is 35.4 Å². The second-order valence-electron chi connectivity index (χ2n) is 10.4. The van der Waals surface area contributed by atoms with Crippen LogP contribution in [0.1, 0.15) is 41.0 Å². The molecule has 2 aromatic heterocycles. The summed E-state index contributed by atoms with van der Waals surface area (Å²) in [6.07, 6.45) is 2.46. The highest BCUT2D eigenvalue weighted by Gasteiger charge is 2.41. The Bertz CT molecular complexity index is 1550. The van der Waals surface area contributed by atoms with E-state index in [1.807, 2.05) is 59.3 Å². The zero-order chi connectivity index (χ0) is 26.1. The van der Waals surface area contributed by atoms with E-state index >= 15 is 0 Å². The Balaban J connectivity index is 1.35. The van der Waals surface area contributed by atoms with E-state index in [9.17, 15) is 14.7 Å². The van der Waals surface area contributed by atoms with Crippen LogP contribution in [-0.4, -0.2) is 55.8 Å². The monoisotopic (exact) mass is 517 g/mol. The molecule has 2 aliphatic rings. The van der Waals surface area contributed by atoms with E-state index in [4.69, 9.17) is 11.6 Å². The molecule has 4 aromatic rings. The van der Waals surface area contributed by atoms with Gasteiger partial charge in [-0.3, -0.25) is 9.59 Å². The minimum atomic E-state index is -1.06. The van der Waals surface area contributed by atoms with Crippen LogP contribution in [0.2, 0.25) is 5.15 Å². The first-order valence-electron chi connectivity index (χ1n) is 12.4. The minimum absolute atomic E-state index is 0.176. The van der Waals surface area contributed by atoms with Crippen molar-refractivity contribution in [1.29, 1.82) is 0 Å². The lowest BCUT2D eigenvalue weighted by atomic mass is 9.96. The molecular weight excluding hydrogens is 490 g/mol. The molecule has 9 heteroatoms. The van der Waals surface area contributed by atoms with Crippen LogP contribution in [0.25, 0.3) is 10.9 Å². The van der Waals surface area contributed by atoms with Gasteiger partial charge in [0.2, 0.25) is 0 Å². The molecule has 0 bridgehead atoms. The predicted molar refractivity (Wildman–Crippen MR) is 142 cm³/mol. The van der Waals surface area contributed by atoms with E-state index in [2.05, 4.69) is 5.10 Å². The Hall–Kier alpha value is -3.62. The number of aliphatic hydroxyl groups is 1. The van der Waals surface area contributed by atoms with Crippen molar-refractivity contribution in [3.05, 3.63) is 82.3 Å². The molecule has 0 radical (unpaired) electrons. The highest BCUT2D eigenvalue weighted by molar-refractivity contribution is 6.31. The van der Waals surface area contributed by atoms with E-state index in [-0.39, 0.29) is 11.8 Å². The predicted octanol–water partition coefficient (Wildman–Crippen LogP) is 3.81. The van der Waals surface area contributed by atoms with Gasteiger partial charge in [-0.1, -0.05) is 41.9 Å². The van der Waals surface area contributed by atoms with Crippen LogP contribution in [0.15, 0.2) is 54.7 Å². The third-order valence-corrected chi connectivity index (χ3v) is 7.92. The number of nitrogens with zero attached hydrogens (tertiary/aromatic N) is 5. The van der Waals surface area contributed by atoms with Gasteiger partial charge in [0, 0.05) is 30.7 Å². The maximum atomic E-state index is 13.8. The van der Waals surface area contributed by atoms with E-state index in [1.165, 1.54) is 0 Å². The molecule has 4 heterocycles. The SMILES string of the molecule is CN1C(=O)[C@@H](N2CCc3c(nn(Cc4ccccc4)c3Cl)C2=O)Cn2ccc3cc(C(C)(C)O)cc1c32. The van der Waals surface area contributed by atoms with E-state index < -0.39 is 11.6 Å². The first-order valence-corrected chi connectivity index (χ1v) is 12.7. The van der Waals surface area contributed by atoms with Gasteiger partial charge in [0.15, 0.2) is 5.69 Å². The average Bonchev–Trinajstić information content (AvgIpc) is 3.40. The van der Waals surface area contributed by atoms with Gasteiger partial charge in [-0.05, 0) is 49.6 Å². The molecule has 0 unspecified atom stereocenters. The van der Waals surface area contributed by atoms with Gasteiger partial charge in [0.05, 0.1) is 29.9 Å². The number of benzene rings is 2. The Labute approximate surface area is 219 Å². The lowest BCUT2D eigenvalue weighted by Crippen LogP contribution is -2.53. The molecule has 0 saturated carbocycles. The summed E-state index contributed by atoms with van der Waals surface area (Å²) in [7, 11) is 1.73. The number of amides is 2. The van der Waals surface area contributed by atoms with Gasteiger partial charge in [0.25, 0.3) is 11.8 Å². The Kier molecular flexibility index (Phi) is 5.43. The third-order valence-electron chi connectivity index (χ3n) is 7.49. The zero-order valence-corrected chi connectivity index (χ0v) is 21.7. The van der Waals surface area contributed by atoms with Crippen molar-refractivity contribution < 1.29 is 14.7 Å². The minimum Gasteiger partial charge on any atom is -0.386 e. The van der Waals surface area contributed by atoms with Crippen molar-refractivity contribution in [3.8, 4) is 0 Å². The van der Waals surface area contributed by atoms with Crippen LogP contribution < -0.4 is 4.90 Å². The van der Waals surface area contributed by atoms with Crippen LogP contribution in [-0.2, 0) is 29.9 Å². The van der Waals surface area contributed by atoms with Crippen molar-refractivity contribution in [3.63, 3.8) is 0 Å². The Morgan fingerprint density at radius 3 is 2.62 bits per heavy atom. The van der Waals surface area contributed by atoms with Crippen molar-refractivity contribution >= 4 is 40.0 Å². The molecule has 0 spiro atoms. The zero-order valence-electron chi connectivity index (χ0n) is 21.0. The molecule has 190 valence electrons. The number of carbonyl (C=O) groups is 2. The van der Waals surface area contributed by atoms with Gasteiger partial charge >= 0.3 is 0 Å². The molecule has 2 aliphatic heterocycles. The summed E-state index contributed by atoms with van der Waals surface area (Å²) in [5.41, 5.74) is 3.37. The normalized spacial score (nSPS) is 17.9. The number of anilines is 1.